The number of anilines is 2. The minimum absolute atomic E-state index is 0.130. The van der Waals surface area contributed by atoms with Crippen molar-refractivity contribution in [2.24, 2.45) is 11.8 Å². The number of carbonyl (C=O) groups excluding carboxylic acids is 2. The molecule has 4 rings (SSSR count). The monoisotopic (exact) mass is 425 g/mol. The Bertz CT molecular complexity index is 1110. The van der Waals surface area contributed by atoms with Crippen molar-refractivity contribution >= 4 is 33.3 Å². The quantitative estimate of drug-likeness (QED) is 0.734. The van der Waals surface area contributed by atoms with Crippen molar-refractivity contribution in [2.75, 3.05) is 16.2 Å². The molecule has 156 valence electrons. The van der Waals surface area contributed by atoms with Gasteiger partial charge in [0, 0.05) is 24.1 Å². The summed E-state index contributed by atoms with van der Waals surface area (Å²) in [5, 5.41) is 14.0. The Hall–Kier alpha value is -3.13. The molecule has 1 heterocycles. The molecular weight excluding hydrogens is 404 g/mol. The number of hydrogen-bond donors (Lipinski definition) is 1. The lowest BCUT2D eigenvalue weighted by molar-refractivity contribution is -0.313. The van der Waals surface area contributed by atoms with E-state index >= 15 is 0 Å². The lowest BCUT2D eigenvalue weighted by Gasteiger charge is -2.28. The number of aliphatic carboxylic acids is 1. The van der Waals surface area contributed by atoms with Crippen LogP contribution in [0.2, 0.25) is 0 Å². The van der Waals surface area contributed by atoms with Crippen LogP contribution in [0.4, 0.5) is 11.4 Å². The summed E-state index contributed by atoms with van der Waals surface area (Å²) in [6.07, 6.45) is 4.77. The molecule has 30 heavy (non-hydrogen) atoms. The van der Waals surface area contributed by atoms with Crippen molar-refractivity contribution in [2.45, 2.75) is 24.2 Å². The number of hydrogen-bond acceptors (Lipinski definition) is 5. The van der Waals surface area contributed by atoms with E-state index < -0.39 is 33.7 Å². The lowest BCUT2D eigenvalue weighted by atomic mass is 9.82. The molecular formula is C22H21N2O5S-. The summed E-state index contributed by atoms with van der Waals surface area (Å²) < 4.78 is 27.5. The number of allylic oxidation sites excluding steroid dienone is 2. The average molecular weight is 425 g/mol. The molecule has 0 unspecified atom stereocenters. The van der Waals surface area contributed by atoms with Crippen molar-refractivity contribution in [3.8, 4) is 0 Å². The van der Waals surface area contributed by atoms with Crippen molar-refractivity contribution in [1.29, 1.82) is 0 Å². The van der Waals surface area contributed by atoms with Crippen molar-refractivity contribution in [3.63, 3.8) is 0 Å². The largest absolute Gasteiger partial charge is 0.550 e. The number of nitrogens with one attached hydrogen (secondary N) is 1. The molecule has 2 aromatic rings. The number of carboxylic acids is 1. The minimum Gasteiger partial charge on any atom is -0.550 e. The highest BCUT2D eigenvalue weighted by Gasteiger charge is 2.31. The summed E-state index contributed by atoms with van der Waals surface area (Å²) in [6, 6.07) is 13.3. The van der Waals surface area contributed by atoms with Gasteiger partial charge in [0.2, 0.25) is 5.91 Å². The molecule has 1 aliphatic heterocycles. The number of benzene rings is 2. The molecule has 0 saturated heterocycles. The first-order valence-corrected chi connectivity index (χ1v) is 11.2. The molecule has 1 amide bonds. The standard InChI is InChI=1S/C22H22N2O5S/c25-21(18-6-2-3-7-19(18)22(26)27)23-16-9-11-17(12-10-16)30(28,29)24-14-13-15-5-1-4-8-20(15)24/h1-5,8-12,18-19H,6-7,13-14H2,(H,23,25)(H,26,27)/p-1/t18-,19-/m1/s1. The van der Waals surface area contributed by atoms with Gasteiger partial charge in [0.15, 0.2) is 0 Å². The van der Waals surface area contributed by atoms with E-state index in [1.165, 1.54) is 28.6 Å². The van der Waals surface area contributed by atoms with Gasteiger partial charge in [-0.3, -0.25) is 9.10 Å². The maximum absolute atomic E-state index is 13.1. The van der Waals surface area contributed by atoms with Gasteiger partial charge < -0.3 is 15.2 Å². The van der Waals surface area contributed by atoms with Gasteiger partial charge >= 0.3 is 0 Å². The zero-order valence-electron chi connectivity index (χ0n) is 16.2. The van der Waals surface area contributed by atoms with E-state index in [0.717, 1.165) is 5.56 Å². The lowest BCUT2D eigenvalue weighted by Crippen LogP contribution is -2.41. The maximum Gasteiger partial charge on any atom is 0.264 e. The van der Waals surface area contributed by atoms with Crippen LogP contribution in [0.5, 0.6) is 0 Å². The molecule has 0 fully saturated rings. The van der Waals surface area contributed by atoms with Gasteiger partial charge in [-0.25, -0.2) is 8.42 Å². The third-order valence-electron chi connectivity index (χ3n) is 5.63. The Kier molecular flexibility index (Phi) is 5.34. The predicted octanol–water partition coefficient (Wildman–Crippen LogP) is 1.71. The second-order valence-corrected chi connectivity index (χ2v) is 9.31. The van der Waals surface area contributed by atoms with Gasteiger partial charge in [0.1, 0.15) is 0 Å². The van der Waals surface area contributed by atoms with Crippen LogP contribution < -0.4 is 14.7 Å². The molecule has 1 N–H and O–H groups in total. The van der Waals surface area contributed by atoms with Crippen LogP contribution in [0.3, 0.4) is 0 Å². The number of sulfonamides is 1. The topological polar surface area (TPSA) is 107 Å². The fraction of sp³-hybridized carbons (Fsp3) is 0.273. The third-order valence-corrected chi connectivity index (χ3v) is 7.45. The first-order valence-electron chi connectivity index (χ1n) is 9.75. The van der Waals surface area contributed by atoms with Gasteiger partial charge in [0.05, 0.1) is 16.5 Å². The van der Waals surface area contributed by atoms with Gasteiger partial charge in [-0.1, -0.05) is 30.4 Å². The summed E-state index contributed by atoms with van der Waals surface area (Å²) >= 11 is 0. The van der Waals surface area contributed by atoms with Gasteiger partial charge in [-0.15, -0.1) is 0 Å². The highest BCUT2D eigenvalue weighted by atomic mass is 32.2. The number of rotatable bonds is 5. The summed E-state index contributed by atoms with van der Waals surface area (Å²) in [5.41, 5.74) is 2.09. The molecule has 2 atom stereocenters. The van der Waals surface area contributed by atoms with E-state index in [0.29, 0.717) is 30.8 Å². The molecule has 0 saturated carbocycles. The smallest absolute Gasteiger partial charge is 0.264 e. The molecule has 0 aromatic heterocycles. The molecule has 0 radical (unpaired) electrons. The molecule has 0 bridgehead atoms. The van der Waals surface area contributed by atoms with Crippen molar-refractivity contribution in [3.05, 3.63) is 66.2 Å². The Morgan fingerprint density at radius 2 is 1.63 bits per heavy atom. The molecule has 8 heteroatoms. The van der Waals surface area contributed by atoms with E-state index in [1.54, 1.807) is 18.2 Å². The second-order valence-electron chi connectivity index (χ2n) is 7.44. The fourth-order valence-corrected chi connectivity index (χ4v) is 5.50. The highest BCUT2D eigenvalue weighted by Crippen LogP contribution is 2.33. The Labute approximate surface area is 175 Å². The Morgan fingerprint density at radius 3 is 2.33 bits per heavy atom. The first kappa shape index (κ1) is 20.2. The molecule has 7 nitrogen and oxygen atoms in total. The number of para-hydroxylation sites is 1. The van der Waals surface area contributed by atoms with Crippen molar-refractivity contribution in [1.82, 2.24) is 0 Å². The molecule has 2 aliphatic rings. The predicted molar refractivity (Wildman–Crippen MR) is 110 cm³/mol. The summed E-state index contributed by atoms with van der Waals surface area (Å²) in [6.45, 7) is 0.389. The van der Waals surface area contributed by atoms with Crippen LogP contribution in [0.25, 0.3) is 0 Å². The first-order chi connectivity index (χ1) is 14.4. The van der Waals surface area contributed by atoms with E-state index in [4.69, 9.17) is 0 Å². The van der Waals surface area contributed by atoms with Gasteiger partial charge in [-0.05, 0) is 55.2 Å². The number of fused-ring (bicyclic) bond motifs is 1. The summed E-state index contributed by atoms with van der Waals surface area (Å²) in [7, 11) is -3.71. The van der Waals surface area contributed by atoms with Crippen LogP contribution in [0.1, 0.15) is 18.4 Å². The second kappa shape index (κ2) is 7.95. The Morgan fingerprint density at radius 1 is 0.967 bits per heavy atom. The van der Waals surface area contributed by atoms with Gasteiger partial charge in [0.25, 0.3) is 10.0 Å². The van der Waals surface area contributed by atoms with Crippen LogP contribution in [0, 0.1) is 11.8 Å². The fourth-order valence-electron chi connectivity index (χ4n) is 3.99. The van der Waals surface area contributed by atoms with Crippen LogP contribution in [0.15, 0.2) is 65.6 Å². The number of amides is 1. The number of carboxylic acid groups (broad SMARTS) is 1. The van der Waals surface area contributed by atoms with Crippen molar-refractivity contribution < 1.29 is 23.1 Å². The number of nitrogens with zero attached hydrogens (tertiary/aromatic N) is 1. The third kappa shape index (κ3) is 3.70. The van der Waals surface area contributed by atoms with E-state index in [2.05, 4.69) is 5.32 Å². The SMILES string of the molecule is O=C([O-])[C@@H]1CC=CC[C@H]1C(=O)Nc1ccc(S(=O)(=O)N2CCc3ccccc32)cc1. The molecule has 2 aromatic carbocycles. The summed E-state index contributed by atoms with van der Waals surface area (Å²) in [4.78, 5) is 24.0. The minimum atomic E-state index is -3.71. The van der Waals surface area contributed by atoms with Gasteiger partial charge in [-0.2, -0.15) is 0 Å². The van der Waals surface area contributed by atoms with Crippen LogP contribution in [-0.2, 0) is 26.0 Å². The average Bonchev–Trinajstić information content (AvgIpc) is 3.19. The highest BCUT2D eigenvalue weighted by molar-refractivity contribution is 7.92. The zero-order valence-corrected chi connectivity index (χ0v) is 17.0. The van der Waals surface area contributed by atoms with Crippen LogP contribution >= 0.6 is 0 Å². The molecule has 1 aliphatic carbocycles. The normalized spacial score (nSPS) is 20.6. The van der Waals surface area contributed by atoms with E-state index in [-0.39, 0.29) is 11.3 Å². The molecule has 0 spiro atoms. The number of carbonyl (C=O) groups is 2. The Balaban J connectivity index is 1.50. The van der Waals surface area contributed by atoms with E-state index in [9.17, 15) is 23.1 Å². The van der Waals surface area contributed by atoms with Crippen LogP contribution in [-0.4, -0.2) is 26.8 Å². The summed E-state index contributed by atoms with van der Waals surface area (Å²) in [5.74, 6) is -3.25. The van der Waals surface area contributed by atoms with E-state index in [1.807, 2.05) is 18.2 Å². The zero-order chi connectivity index (χ0) is 21.3. The maximum atomic E-state index is 13.1.